The largest absolute Gasteiger partial charge is 0.444 e. The third-order valence-corrected chi connectivity index (χ3v) is 6.23. The Morgan fingerprint density at radius 3 is 2.54 bits per heavy atom. The van der Waals surface area contributed by atoms with Gasteiger partial charge in [0.15, 0.2) is 11.5 Å². The first kappa shape index (κ1) is 27.1. The van der Waals surface area contributed by atoms with Gasteiger partial charge in [-0.25, -0.2) is 24.1 Å². The van der Waals surface area contributed by atoms with Crippen LogP contribution in [0.2, 0.25) is 0 Å². The number of aromatic nitrogens is 3. The summed E-state index contributed by atoms with van der Waals surface area (Å²) >= 11 is 0.756. The standard InChI is InChI=1S/C22H30F4N6O2S/c1-12-9-13(7-8-32(12)20(33)34-21(2,3)4)28-19-27-10-14(23)16(30-19)17-18(22(24,25)26)29-15(35-17)11-31(5)6/h10,12-13H,7-9,11H2,1-6H3,(H,27,28,30). The monoisotopic (exact) mass is 518 g/mol. The van der Waals surface area contributed by atoms with Crippen LogP contribution in [0.4, 0.5) is 28.3 Å². The van der Waals surface area contributed by atoms with E-state index in [0.717, 1.165) is 17.5 Å². The summed E-state index contributed by atoms with van der Waals surface area (Å²) < 4.78 is 61.0. The molecule has 1 aliphatic heterocycles. The molecule has 3 heterocycles. The van der Waals surface area contributed by atoms with Crippen LogP contribution in [-0.2, 0) is 17.5 Å². The van der Waals surface area contributed by atoms with Crippen molar-refractivity contribution in [2.45, 2.75) is 70.9 Å². The number of likely N-dealkylation sites (tertiary alicyclic amines) is 1. The van der Waals surface area contributed by atoms with Crippen molar-refractivity contribution < 1.29 is 27.1 Å². The fraction of sp³-hybridized carbons (Fsp3) is 0.636. The van der Waals surface area contributed by atoms with Crippen molar-refractivity contribution in [2.75, 3.05) is 26.0 Å². The normalized spacial score (nSPS) is 19.2. The maximum Gasteiger partial charge on any atom is 0.434 e. The Balaban J connectivity index is 1.79. The van der Waals surface area contributed by atoms with Gasteiger partial charge in [0.1, 0.15) is 16.3 Å². The number of hydrogen-bond donors (Lipinski definition) is 1. The van der Waals surface area contributed by atoms with Gasteiger partial charge in [0.2, 0.25) is 5.95 Å². The molecule has 194 valence electrons. The molecule has 0 saturated carbocycles. The number of alkyl halides is 3. The minimum atomic E-state index is -4.76. The van der Waals surface area contributed by atoms with Gasteiger partial charge >= 0.3 is 12.3 Å². The van der Waals surface area contributed by atoms with Gasteiger partial charge in [-0.2, -0.15) is 13.2 Å². The highest BCUT2D eigenvalue weighted by Crippen LogP contribution is 2.41. The first-order valence-corrected chi connectivity index (χ1v) is 12.0. The number of carbonyl (C=O) groups excluding carboxylic acids is 1. The molecule has 8 nitrogen and oxygen atoms in total. The Morgan fingerprint density at radius 1 is 1.29 bits per heavy atom. The predicted octanol–water partition coefficient (Wildman–Crippen LogP) is 5.02. The van der Waals surface area contributed by atoms with E-state index in [2.05, 4.69) is 20.3 Å². The lowest BCUT2D eigenvalue weighted by atomic mass is 9.99. The Kier molecular flexibility index (Phi) is 7.89. The number of nitrogens with zero attached hydrogens (tertiary/aromatic N) is 5. The maximum absolute atomic E-state index is 14.6. The molecular weight excluding hydrogens is 488 g/mol. The van der Waals surface area contributed by atoms with Gasteiger partial charge < -0.3 is 19.9 Å². The third-order valence-electron chi connectivity index (χ3n) is 5.19. The summed E-state index contributed by atoms with van der Waals surface area (Å²) in [6.45, 7) is 7.87. The first-order valence-electron chi connectivity index (χ1n) is 11.1. The van der Waals surface area contributed by atoms with Crippen molar-refractivity contribution in [1.29, 1.82) is 0 Å². The second-order valence-electron chi connectivity index (χ2n) is 9.80. The molecule has 2 atom stereocenters. The number of piperidine rings is 1. The number of thiazole rings is 1. The van der Waals surface area contributed by atoms with Crippen LogP contribution in [0.25, 0.3) is 10.6 Å². The van der Waals surface area contributed by atoms with E-state index in [1.165, 1.54) is 0 Å². The molecule has 3 rings (SSSR count). The van der Waals surface area contributed by atoms with Crippen LogP contribution >= 0.6 is 11.3 Å². The maximum atomic E-state index is 14.6. The van der Waals surface area contributed by atoms with E-state index >= 15 is 0 Å². The zero-order chi connectivity index (χ0) is 26.1. The smallest absolute Gasteiger partial charge is 0.434 e. The average molecular weight is 519 g/mol. The number of nitrogens with one attached hydrogen (secondary N) is 1. The van der Waals surface area contributed by atoms with Crippen LogP contribution in [0, 0.1) is 5.82 Å². The fourth-order valence-corrected chi connectivity index (χ4v) is 4.92. The van der Waals surface area contributed by atoms with E-state index in [0.29, 0.717) is 19.4 Å². The lowest BCUT2D eigenvalue weighted by molar-refractivity contribution is -0.140. The molecule has 0 aromatic carbocycles. The topological polar surface area (TPSA) is 83.5 Å². The van der Waals surface area contributed by atoms with Gasteiger partial charge in [0.05, 0.1) is 11.1 Å². The Labute approximate surface area is 205 Å². The lowest BCUT2D eigenvalue weighted by Gasteiger charge is -2.38. The predicted molar refractivity (Wildman–Crippen MR) is 125 cm³/mol. The Hall–Kier alpha value is -2.54. The van der Waals surface area contributed by atoms with E-state index in [1.54, 1.807) is 44.7 Å². The summed E-state index contributed by atoms with van der Waals surface area (Å²) in [4.78, 5) is 27.1. The summed E-state index contributed by atoms with van der Waals surface area (Å²) in [5.74, 6) is -0.950. The molecule has 2 aromatic heterocycles. The number of rotatable bonds is 5. The minimum Gasteiger partial charge on any atom is -0.444 e. The molecule has 35 heavy (non-hydrogen) atoms. The van der Waals surface area contributed by atoms with Crippen LogP contribution < -0.4 is 5.32 Å². The SMILES string of the molecule is CC1CC(Nc2ncc(F)c(-c3sc(CN(C)C)nc3C(F)(F)F)n2)CCN1C(=O)OC(C)(C)C. The molecule has 0 bridgehead atoms. The highest BCUT2D eigenvalue weighted by molar-refractivity contribution is 7.15. The minimum absolute atomic E-state index is 0.0139. The second kappa shape index (κ2) is 10.2. The molecule has 1 saturated heterocycles. The van der Waals surface area contributed by atoms with E-state index in [-0.39, 0.29) is 34.5 Å². The molecule has 0 spiro atoms. The van der Waals surface area contributed by atoms with Gasteiger partial charge in [-0.05, 0) is 54.6 Å². The van der Waals surface area contributed by atoms with Crippen LogP contribution in [0.5, 0.6) is 0 Å². The highest BCUT2D eigenvalue weighted by atomic mass is 32.1. The Bertz CT molecular complexity index is 1050. The zero-order valence-corrected chi connectivity index (χ0v) is 21.3. The molecule has 1 N–H and O–H groups in total. The average Bonchev–Trinajstić information content (AvgIpc) is 3.11. The van der Waals surface area contributed by atoms with Crippen LogP contribution in [0.1, 0.15) is 51.2 Å². The molecule has 2 aromatic rings. The molecule has 13 heteroatoms. The lowest BCUT2D eigenvalue weighted by Crippen LogP contribution is -2.49. The number of amides is 1. The molecule has 1 fully saturated rings. The number of anilines is 1. The molecule has 1 aliphatic rings. The van der Waals surface area contributed by atoms with Gasteiger partial charge in [-0.1, -0.05) is 0 Å². The van der Waals surface area contributed by atoms with Crippen molar-refractivity contribution in [2.24, 2.45) is 0 Å². The van der Waals surface area contributed by atoms with Crippen LogP contribution in [-0.4, -0.2) is 69.2 Å². The Morgan fingerprint density at radius 2 is 1.97 bits per heavy atom. The van der Waals surface area contributed by atoms with Crippen molar-refractivity contribution >= 4 is 23.4 Å². The first-order chi connectivity index (χ1) is 16.1. The number of hydrogen-bond acceptors (Lipinski definition) is 8. The van der Waals surface area contributed by atoms with E-state index < -0.39 is 35.1 Å². The second-order valence-corrected chi connectivity index (χ2v) is 10.9. The van der Waals surface area contributed by atoms with Gasteiger partial charge in [-0.15, -0.1) is 11.3 Å². The molecule has 2 unspecified atom stereocenters. The number of halogens is 4. The fourth-order valence-electron chi connectivity index (χ4n) is 3.73. The van der Waals surface area contributed by atoms with Crippen molar-refractivity contribution in [1.82, 2.24) is 24.8 Å². The summed E-state index contributed by atoms with van der Waals surface area (Å²) in [5.41, 5.74) is -2.22. The quantitative estimate of drug-likeness (QED) is 0.557. The van der Waals surface area contributed by atoms with Crippen LogP contribution in [0.15, 0.2) is 6.20 Å². The van der Waals surface area contributed by atoms with Gasteiger partial charge in [-0.3, -0.25) is 0 Å². The molecule has 1 amide bonds. The molecule has 0 radical (unpaired) electrons. The summed E-state index contributed by atoms with van der Waals surface area (Å²) in [7, 11) is 3.41. The van der Waals surface area contributed by atoms with Gasteiger partial charge in [0, 0.05) is 25.2 Å². The summed E-state index contributed by atoms with van der Waals surface area (Å²) in [6.07, 6.45) is -3.22. The molecular formula is C22H30F4N6O2S. The van der Waals surface area contributed by atoms with E-state index in [4.69, 9.17) is 4.74 Å². The van der Waals surface area contributed by atoms with E-state index in [9.17, 15) is 22.4 Å². The van der Waals surface area contributed by atoms with Crippen molar-refractivity contribution in [3.8, 4) is 10.6 Å². The van der Waals surface area contributed by atoms with E-state index in [1.807, 2.05) is 6.92 Å². The summed E-state index contributed by atoms with van der Waals surface area (Å²) in [6, 6.07) is -0.308. The highest BCUT2D eigenvalue weighted by Gasteiger charge is 2.39. The van der Waals surface area contributed by atoms with Gasteiger partial charge in [0.25, 0.3) is 0 Å². The summed E-state index contributed by atoms with van der Waals surface area (Å²) in [5, 5.41) is 3.28. The van der Waals surface area contributed by atoms with Crippen molar-refractivity contribution in [3.05, 3.63) is 22.7 Å². The molecule has 0 aliphatic carbocycles. The number of ether oxygens (including phenoxy) is 1. The third kappa shape index (κ3) is 7.00. The van der Waals surface area contributed by atoms with Crippen LogP contribution in [0.3, 0.4) is 0 Å². The van der Waals surface area contributed by atoms with Crippen molar-refractivity contribution in [3.63, 3.8) is 0 Å². The zero-order valence-electron chi connectivity index (χ0n) is 20.5. The number of carbonyl (C=O) groups is 1.